The zero-order valence-corrected chi connectivity index (χ0v) is 48.7. The van der Waals surface area contributed by atoms with Crippen LogP contribution in [-0.2, 0) is 6.18 Å². The van der Waals surface area contributed by atoms with Crippen molar-refractivity contribution in [2.45, 2.75) is 6.18 Å². The molecule has 0 bridgehead atoms. The summed E-state index contributed by atoms with van der Waals surface area (Å²) in [6.07, 6.45) is -5.17. The highest BCUT2D eigenvalue weighted by Crippen LogP contribution is 2.48. The molecule has 434 valence electrons. The van der Waals surface area contributed by atoms with E-state index in [2.05, 4.69) is 48.6 Å². The summed E-state index contributed by atoms with van der Waals surface area (Å²) in [5.41, 5.74) is 6.66. The fourth-order valence-corrected chi connectivity index (χ4v) is 12.3. The second-order valence-electron chi connectivity index (χ2n) is 22.1. The lowest BCUT2D eigenvalue weighted by Gasteiger charge is -2.23. The topological polar surface area (TPSA) is 239 Å². The van der Waals surface area contributed by atoms with Crippen LogP contribution in [0.25, 0.3) is 134 Å². The van der Waals surface area contributed by atoms with Crippen LogP contribution in [0.4, 0.5) is 13.2 Å². The van der Waals surface area contributed by atoms with Gasteiger partial charge in [0, 0.05) is 38.2 Å². The Kier molecular flexibility index (Phi) is 14.1. The van der Waals surface area contributed by atoms with Gasteiger partial charge in [0.15, 0.2) is 17.5 Å². The fourth-order valence-electron chi connectivity index (χ4n) is 12.3. The molecule has 3 aromatic heterocycles. The minimum absolute atomic E-state index is 0.0206. The molecule has 11 aromatic carbocycles. The third-order valence-electron chi connectivity index (χ3n) is 16.4. The Hall–Kier alpha value is -14.3. The molecule has 13 nitrogen and oxygen atoms in total. The number of alkyl halides is 3. The first-order valence-electron chi connectivity index (χ1n) is 28.9. The largest absolute Gasteiger partial charge is 0.420 e. The first-order valence-corrected chi connectivity index (χ1v) is 28.9. The average molecular weight is 1210 g/mol. The van der Waals surface area contributed by atoms with Gasteiger partial charge >= 0.3 is 6.18 Å². The first-order chi connectivity index (χ1) is 45.8. The van der Waals surface area contributed by atoms with Crippen LogP contribution in [0.3, 0.4) is 0 Å². The molecule has 3 heterocycles. The SMILES string of the molecule is N#Cc1cc(C#N)cc(-c2ccc3c(c2)c2cc(-c4cc(C#N)cc(C#N)c4)ccc2n3-c2cc(-c3nc(-c4ccccc4)nc(-c4ccccc4)n3)cc(-n3c4ccc(-c5cc(C#N)cc(C#N)c5)cc4c4cc(-c5cc(C#N)cc(C#N)c5)ccc43)c2C(F)(F)F)c1. The molecule has 14 aromatic rings. The summed E-state index contributed by atoms with van der Waals surface area (Å²) in [6, 6.07) is 77.8. The maximum atomic E-state index is 17.6. The zero-order chi connectivity index (χ0) is 64.9. The fraction of sp³-hybridized carbons (Fsp3) is 0.0128. The van der Waals surface area contributed by atoms with Gasteiger partial charge in [0.05, 0.1) is 127 Å². The van der Waals surface area contributed by atoms with Crippen molar-refractivity contribution in [2.75, 3.05) is 0 Å². The van der Waals surface area contributed by atoms with E-state index in [1.807, 2.05) is 60.7 Å². The van der Waals surface area contributed by atoms with Crippen LogP contribution in [0.1, 0.15) is 50.1 Å². The summed E-state index contributed by atoms with van der Waals surface area (Å²) in [4.78, 5) is 15.1. The molecule has 0 aliphatic heterocycles. The second-order valence-corrected chi connectivity index (χ2v) is 22.1. The zero-order valence-electron chi connectivity index (χ0n) is 48.7. The number of nitrogens with zero attached hydrogens (tertiary/aromatic N) is 13. The summed E-state index contributed by atoms with van der Waals surface area (Å²) in [6.45, 7) is 0. The van der Waals surface area contributed by atoms with E-state index in [4.69, 9.17) is 15.0 Å². The van der Waals surface area contributed by atoms with Gasteiger partial charge in [-0.2, -0.15) is 55.3 Å². The van der Waals surface area contributed by atoms with E-state index < -0.39 is 11.7 Å². The van der Waals surface area contributed by atoms with Gasteiger partial charge in [0.25, 0.3) is 0 Å². The third kappa shape index (κ3) is 10.2. The number of hydrogen-bond acceptors (Lipinski definition) is 11. The lowest BCUT2D eigenvalue weighted by Crippen LogP contribution is -2.16. The van der Waals surface area contributed by atoms with E-state index in [-0.39, 0.29) is 78.9 Å². The smallest absolute Gasteiger partial charge is 0.309 e. The Morgan fingerprint density at radius 3 is 0.734 bits per heavy atom. The van der Waals surface area contributed by atoms with E-state index >= 15 is 13.2 Å². The van der Waals surface area contributed by atoms with Crippen LogP contribution in [0.5, 0.6) is 0 Å². The Morgan fingerprint density at radius 1 is 0.255 bits per heavy atom. The van der Waals surface area contributed by atoms with Gasteiger partial charge in [0.2, 0.25) is 0 Å². The molecule has 0 fully saturated rings. The number of halogens is 3. The second kappa shape index (κ2) is 23.0. The maximum absolute atomic E-state index is 17.6. The highest BCUT2D eigenvalue weighted by atomic mass is 19.4. The third-order valence-corrected chi connectivity index (χ3v) is 16.4. The maximum Gasteiger partial charge on any atom is 0.420 e. The molecule has 0 saturated carbocycles. The molecule has 14 rings (SSSR count). The minimum atomic E-state index is -5.17. The number of aromatic nitrogens is 5. The van der Waals surface area contributed by atoms with E-state index in [0.29, 0.717) is 99.2 Å². The average Bonchev–Trinajstić information content (AvgIpc) is 1.65. The van der Waals surface area contributed by atoms with Crippen molar-refractivity contribution in [3.63, 3.8) is 0 Å². The summed E-state index contributed by atoms with van der Waals surface area (Å²) in [7, 11) is 0. The standard InChI is InChI=1S/C78H36F3N13/c79-78(80,81)74-72(93-68-15-11-55(59-23-45(37-82)19-46(24-59)38-83)31-64(68)65-32-56(12-16-69(65)93)60-25-47(39-84)20-48(26-60)40-85)35-63(77-91-75(53-7-3-1-4-8-53)90-76(92-77)54-9-5-2-6-10-54)36-73(74)94-70-17-13-57(61-27-49(41-86)21-50(28-61)42-87)33-66(70)67-34-58(14-18-71(67)94)62-29-51(43-88)22-52(30-62)44-89/h1-36H. The Labute approximate surface area is 533 Å². The van der Waals surface area contributed by atoms with E-state index in [0.717, 1.165) is 0 Å². The first kappa shape index (κ1) is 57.5. The van der Waals surface area contributed by atoms with E-state index in [1.165, 1.54) is 45.5 Å². The molecule has 0 unspecified atom stereocenters. The highest BCUT2D eigenvalue weighted by molar-refractivity contribution is 6.14. The molecule has 94 heavy (non-hydrogen) atoms. The van der Waals surface area contributed by atoms with Gasteiger partial charge < -0.3 is 9.13 Å². The van der Waals surface area contributed by atoms with Gasteiger partial charge in [-0.1, -0.05) is 84.9 Å². The number of nitriles is 8. The lowest BCUT2D eigenvalue weighted by atomic mass is 9.97. The van der Waals surface area contributed by atoms with Crippen LogP contribution < -0.4 is 0 Å². The number of hydrogen-bond donors (Lipinski definition) is 0. The van der Waals surface area contributed by atoms with Crippen LogP contribution >= 0.6 is 0 Å². The number of fused-ring (bicyclic) bond motifs is 6. The molecule has 0 amide bonds. The van der Waals surface area contributed by atoms with Crippen LogP contribution in [-0.4, -0.2) is 24.1 Å². The molecule has 0 spiro atoms. The van der Waals surface area contributed by atoms with Gasteiger partial charge in [-0.3, -0.25) is 0 Å². The predicted molar refractivity (Wildman–Crippen MR) is 349 cm³/mol. The summed E-state index contributed by atoms with van der Waals surface area (Å²) in [5, 5.41) is 82.5. The lowest BCUT2D eigenvalue weighted by molar-refractivity contribution is -0.137. The number of rotatable bonds is 9. The van der Waals surface area contributed by atoms with Crippen molar-refractivity contribution in [1.82, 2.24) is 24.1 Å². The van der Waals surface area contributed by atoms with Crippen LogP contribution in [0.2, 0.25) is 0 Å². The van der Waals surface area contributed by atoms with Crippen molar-refractivity contribution in [3.05, 3.63) is 268 Å². The van der Waals surface area contributed by atoms with E-state index in [9.17, 15) is 42.1 Å². The molecule has 16 heteroatoms. The molecule has 0 atom stereocenters. The van der Waals surface area contributed by atoms with Crippen molar-refractivity contribution in [2.24, 2.45) is 0 Å². The Bertz CT molecular complexity index is 5220. The van der Waals surface area contributed by atoms with Crippen molar-refractivity contribution in [1.29, 1.82) is 42.1 Å². The summed E-state index contributed by atoms with van der Waals surface area (Å²) < 4.78 is 56.0. The molecule has 0 saturated heterocycles. The monoisotopic (exact) mass is 1210 g/mol. The van der Waals surface area contributed by atoms with Crippen molar-refractivity contribution >= 4 is 43.6 Å². The van der Waals surface area contributed by atoms with E-state index in [1.54, 1.807) is 121 Å². The number of benzene rings is 11. The summed E-state index contributed by atoms with van der Waals surface area (Å²) >= 11 is 0. The predicted octanol–water partition coefficient (Wildman–Crippen LogP) is 17.7. The van der Waals surface area contributed by atoms with Gasteiger partial charge in [-0.15, -0.1) is 0 Å². The molecule has 0 radical (unpaired) electrons. The minimum Gasteiger partial charge on any atom is -0.309 e. The summed E-state index contributed by atoms with van der Waals surface area (Å²) in [5.74, 6) is 0.495. The molecular formula is C78H36F3N13. The van der Waals surface area contributed by atoms with Crippen molar-refractivity contribution < 1.29 is 13.2 Å². The molecule has 0 N–H and O–H groups in total. The highest BCUT2D eigenvalue weighted by Gasteiger charge is 2.40. The normalized spacial score (nSPS) is 11.1. The quantitative estimate of drug-likeness (QED) is 0.132. The molecular weight excluding hydrogens is 1180 g/mol. The van der Waals surface area contributed by atoms with Crippen molar-refractivity contribution in [3.8, 4) is 139 Å². The van der Waals surface area contributed by atoms with Gasteiger partial charge in [-0.25, -0.2) is 15.0 Å². The Balaban J connectivity index is 1.14. The van der Waals surface area contributed by atoms with Gasteiger partial charge in [-0.05, 0) is 178 Å². The van der Waals surface area contributed by atoms with Gasteiger partial charge in [0.1, 0.15) is 5.56 Å². The Morgan fingerprint density at radius 2 is 0.500 bits per heavy atom. The molecule has 0 aliphatic rings. The molecule has 0 aliphatic carbocycles. The van der Waals surface area contributed by atoms with Crippen LogP contribution in [0.15, 0.2) is 218 Å². The van der Waals surface area contributed by atoms with Crippen LogP contribution in [0, 0.1) is 90.6 Å².